The Hall–Kier alpha value is -1.64. The topological polar surface area (TPSA) is 43.4 Å². The summed E-state index contributed by atoms with van der Waals surface area (Å²) in [4.78, 5) is 24.5. The van der Waals surface area contributed by atoms with Crippen LogP contribution in [0.4, 0.5) is 0 Å². The zero-order chi connectivity index (χ0) is 14.9. The van der Waals surface area contributed by atoms with E-state index in [0.29, 0.717) is 19.3 Å². The highest BCUT2D eigenvalue weighted by molar-refractivity contribution is 6.05. The van der Waals surface area contributed by atoms with Crippen molar-refractivity contribution in [2.45, 2.75) is 46.5 Å². The van der Waals surface area contributed by atoms with Crippen molar-refractivity contribution in [3.8, 4) is 0 Å². The Labute approximate surface area is 120 Å². The third kappa shape index (κ3) is 2.37. The van der Waals surface area contributed by atoms with Crippen LogP contribution in [0.2, 0.25) is 0 Å². The molecule has 0 N–H and O–H groups in total. The number of carbonyl (C=O) groups excluding carboxylic acids is 2. The third-order valence-electron chi connectivity index (χ3n) is 4.49. The number of ketones is 1. The van der Waals surface area contributed by atoms with Crippen LogP contribution >= 0.6 is 0 Å². The molecular formula is C17H22O3. The normalized spacial score (nSPS) is 16.4. The van der Waals surface area contributed by atoms with E-state index in [-0.39, 0.29) is 11.8 Å². The van der Waals surface area contributed by atoms with Gasteiger partial charge in [0, 0.05) is 6.42 Å². The summed E-state index contributed by atoms with van der Waals surface area (Å²) in [6.07, 6.45) is 2.50. The number of carbonyl (C=O) groups is 2. The lowest BCUT2D eigenvalue weighted by Gasteiger charge is -2.37. The van der Waals surface area contributed by atoms with Crippen molar-refractivity contribution in [1.29, 1.82) is 0 Å². The maximum atomic E-state index is 12.6. The highest BCUT2D eigenvalue weighted by atomic mass is 16.5. The molecule has 20 heavy (non-hydrogen) atoms. The van der Waals surface area contributed by atoms with Crippen molar-refractivity contribution < 1.29 is 14.3 Å². The van der Waals surface area contributed by atoms with Gasteiger partial charge in [0.2, 0.25) is 0 Å². The SMILES string of the molecule is COC(=O)C1(C(=O)Cc2c(C)cc(C)cc2C)CCC1. The van der Waals surface area contributed by atoms with Crippen molar-refractivity contribution in [2.75, 3.05) is 7.11 Å². The van der Waals surface area contributed by atoms with Gasteiger partial charge in [0.05, 0.1) is 7.11 Å². The molecule has 2 rings (SSSR count). The lowest BCUT2D eigenvalue weighted by atomic mass is 9.64. The van der Waals surface area contributed by atoms with E-state index in [1.165, 1.54) is 12.7 Å². The first-order valence-electron chi connectivity index (χ1n) is 7.09. The standard InChI is InChI=1S/C17H22O3/c1-11-8-12(2)14(13(3)9-11)10-15(18)17(6-5-7-17)16(19)20-4/h8-9H,5-7,10H2,1-4H3. The Bertz CT molecular complexity index is 530. The van der Waals surface area contributed by atoms with E-state index in [4.69, 9.17) is 4.74 Å². The number of methoxy groups -OCH3 is 1. The molecule has 1 saturated carbocycles. The molecule has 3 nitrogen and oxygen atoms in total. The molecule has 0 aliphatic heterocycles. The van der Waals surface area contributed by atoms with Gasteiger partial charge in [-0.15, -0.1) is 0 Å². The van der Waals surface area contributed by atoms with Gasteiger partial charge >= 0.3 is 5.97 Å². The molecule has 1 aromatic rings. The van der Waals surface area contributed by atoms with Crippen LogP contribution in [0.25, 0.3) is 0 Å². The van der Waals surface area contributed by atoms with Crippen molar-refractivity contribution in [3.63, 3.8) is 0 Å². The molecule has 108 valence electrons. The highest BCUT2D eigenvalue weighted by Crippen LogP contribution is 2.43. The van der Waals surface area contributed by atoms with Gasteiger partial charge < -0.3 is 4.74 Å². The molecular weight excluding hydrogens is 252 g/mol. The summed E-state index contributed by atoms with van der Waals surface area (Å²) in [5, 5.41) is 0. The van der Waals surface area contributed by atoms with Crippen molar-refractivity contribution in [2.24, 2.45) is 5.41 Å². The maximum Gasteiger partial charge on any atom is 0.319 e. The Morgan fingerprint density at radius 1 is 1.15 bits per heavy atom. The number of Topliss-reactive ketones (excluding diaryl/α,β-unsaturated/α-hetero) is 1. The van der Waals surface area contributed by atoms with Gasteiger partial charge in [-0.2, -0.15) is 0 Å². The number of esters is 1. The third-order valence-corrected chi connectivity index (χ3v) is 4.49. The summed E-state index contributed by atoms with van der Waals surface area (Å²) in [5.41, 5.74) is 3.61. The predicted octanol–water partition coefficient (Wildman–Crippen LogP) is 3.07. The number of hydrogen-bond acceptors (Lipinski definition) is 3. The van der Waals surface area contributed by atoms with Gasteiger partial charge in [0.1, 0.15) is 5.41 Å². The van der Waals surface area contributed by atoms with Crippen LogP contribution < -0.4 is 0 Å². The quantitative estimate of drug-likeness (QED) is 0.626. The molecule has 3 heteroatoms. The minimum atomic E-state index is -0.876. The molecule has 0 unspecified atom stereocenters. The Balaban J connectivity index is 2.26. The first-order chi connectivity index (χ1) is 9.40. The first kappa shape index (κ1) is 14.8. The maximum absolute atomic E-state index is 12.6. The molecule has 1 fully saturated rings. The summed E-state index contributed by atoms with van der Waals surface area (Å²) < 4.78 is 4.84. The summed E-state index contributed by atoms with van der Waals surface area (Å²) in [5.74, 6) is -0.359. The Morgan fingerprint density at radius 2 is 1.70 bits per heavy atom. The molecule has 1 aliphatic carbocycles. The lowest BCUT2D eigenvalue weighted by molar-refractivity contribution is -0.163. The first-order valence-corrected chi connectivity index (χ1v) is 7.09. The molecule has 0 atom stereocenters. The fraction of sp³-hybridized carbons (Fsp3) is 0.529. The van der Waals surface area contributed by atoms with E-state index < -0.39 is 5.41 Å². The Morgan fingerprint density at radius 3 is 2.10 bits per heavy atom. The largest absolute Gasteiger partial charge is 0.468 e. The van der Waals surface area contributed by atoms with Crippen LogP contribution in [0.5, 0.6) is 0 Å². The average molecular weight is 274 g/mol. The van der Waals surface area contributed by atoms with E-state index in [0.717, 1.165) is 23.1 Å². The van der Waals surface area contributed by atoms with Crippen LogP contribution in [0.15, 0.2) is 12.1 Å². The van der Waals surface area contributed by atoms with Crippen molar-refractivity contribution in [1.82, 2.24) is 0 Å². The smallest absolute Gasteiger partial charge is 0.319 e. The van der Waals surface area contributed by atoms with E-state index in [1.54, 1.807) is 0 Å². The predicted molar refractivity (Wildman–Crippen MR) is 77.7 cm³/mol. The van der Waals surface area contributed by atoms with Gasteiger partial charge in [-0.05, 0) is 50.3 Å². The molecule has 0 spiro atoms. The van der Waals surface area contributed by atoms with Crippen LogP contribution in [0, 0.1) is 26.2 Å². The minimum Gasteiger partial charge on any atom is -0.468 e. The van der Waals surface area contributed by atoms with Crippen molar-refractivity contribution >= 4 is 11.8 Å². The zero-order valence-electron chi connectivity index (χ0n) is 12.7. The van der Waals surface area contributed by atoms with Gasteiger partial charge in [-0.1, -0.05) is 24.1 Å². The number of hydrogen-bond donors (Lipinski definition) is 0. The fourth-order valence-electron chi connectivity index (χ4n) is 3.14. The Kier molecular flexibility index (Phi) is 3.98. The molecule has 0 aromatic heterocycles. The van der Waals surface area contributed by atoms with Crippen LogP contribution in [-0.4, -0.2) is 18.9 Å². The molecule has 0 amide bonds. The second kappa shape index (κ2) is 5.39. The second-order valence-corrected chi connectivity index (χ2v) is 5.90. The van der Waals surface area contributed by atoms with Gasteiger partial charge in [0.25, 0.3) is 0 Å². The van der Waals surface area contributed by atoms with Crippen LogP contribution in [0.3, 0.4) is 0 Å². The minimum absolute atomic E-state index is 0.00523. The number of aryl methyl sites for hydroxylation is 3. The van der Waals surface area contributed by atoms with Crippen LogP contribution in [-0.2, 0) is 20.7 Å². The molecule has 1 aromatic carbocycles. The monoisotopic (exact) mass is 274 g/mol. The van der Waals surface area contributed by atoms with E-state index in [1.807, 2.05) is 20.8 Å². The van der Waals surface area contributed by atoms with Gasteiger partial charge in [-0.25, -0.2) is 0 Å². The molecule has 0 heterocycles. The molecule has 1 aliphatic rings. The second-order valence-electron chi connectivity index (χ2n) is 5.90. The summed E-state index contributed by atoms with van der Waals surface area (Å²) >= 11 is 0. The van der Waals surface area contributed by atoms with E-state index in [2.05, 4.69) is 12.1 Å². The number of benzene rings is 1. The van der Waals surface area contributed by atoms with E-state index >= 15 is 0 Å². The average Bonchev–Trinajstić information content (AvgIpc) is 2.32. The zero-order valence-corrected chi connectivity index (χ0v) is 12.7. The molecule has 0 saturated heterocycles. The summed E-state index contributed by atoms with van der Waals surface area (Å²) in [6, 6.07) is 4.17. The number of rotatable bonds is 4. The van der Waals surface area contributed by atoms with Gasteiger partial charge in [-0.3, -0.25) is 9.59 Å². The lowest BCUT2D eigenvalue weighted by Crippen LogP contribution is -2.46. The highest BCUT2D eigenvalue weighted by Gasteiger charge is 2.51. The molecule has 0 radical (unpaired) electrons. The van der Waals surface area contributed by atoms with E-state index in [9.17, 15) is 9.59 Å². The number of ether oxygens (including phenoxy) is 1. The van der Waals surface area contributed by atoms with Gasteiger partial charge in [0.15, 0.2) is 5.78 Å². The van der Waals surface area contributed by atoms with Crippen molar-refractivity contribution in [3.05, 3.63) is 34.4 Å². The molecule has 0 bridgehead atoms. The summed E-state index contributed by atoms with van der Waals surface area (Å²) in [6.45, 7) is 6.09. The van der Waals surface area contributed by atoms with Crippen LogP contribution in [0.1, 0.15) is 41.5 Å². The fourth-order valence-corrected chi connectivity index (χ4v) is 3.14. The summed E-state index contributed by atoms with van der Waals surface area (Å²) in [7, 11) is 1.36.